The largest absolute Gasteiger partial charge is 0.444 e. The molecule has 1 heterocycles. The number of nitrogens with zero attached hydrogens (tertiary/aromatic N) is 2. The fourth-order valence-corrected chi connectivity index (χ4v) is 2.51. The van der Waals surface area contributed by atoms with Crippen LogP contribution < -0.4 is 10.6 Å². The zero-order valence-corrected chi connectivity index (χ0v) is 14.4. The molecule has 2 aromatic carbocycles. The maximum absolute atomic E-state index is 12.0. The predicted octanol–water partition coefficient (Wildman–Crippen LogP) is 3.02. The SMILES string of the molecule is O=C(Cc1coc(-c2ccccc2)n1)NCCNc1ccccc1[N+](=O)[O-]. The number of hydrogen-bond donors (Lipinski definition) is 2. The minimum absolute atomic E-state index is 0.000125. The average molecular weight is 366 g/mol. The summed E-state index contributed by atoms with van der Waals surface area (Å²) in [7, 11) is 0. The highest BCUT2D eigenvalue weighted by molar-refractivity contribution is 5.78. The van der Waals surface area contributed by atoms with Crippen molar-refractivity contribution in [3.63, 3.8) is 0 Å². The summed E-state index contributed by atoms with van der Waals surface area (Å²) in [5.41, 5.74) is 1.80. The van der Waals surface area contributed by atoms with Gasteiger partial charge in [-0.2, -0.15) is 0 Å². The number of benzene rings is 2. The molecule has 0 unspecified atom stereocenters. The lowest BCUT2D eigenvalue weighted by Crippen LogP contribution is -2.30. The normalized spacial score (nSPS) is 10.4. The molecule has 0 aliphatic rings. The lowest BCUT2D eigenvalue weighted by molar-refractivity contribution is -0.384. The van der Waals surface area contributed by atoms with E-state index in [1.54, 1.807) is 18.2 Å². The van der Waals surface area contributed by atoms with Gasteiger partial charge < -0.3 is 15.1 Å². The highest BCUT2D eigenvalue weighted by atomic mass is 16.6. The fraction of sp³-hybridized carbons (Fsp3) is 0.158. The Kier molecular flexibility index (Phi) is 5.78. The number of carbonyl (C=O) groups is 1. The second-order valence-electron chi connectivity index (χ2n) is 5.74. The third-order valence-electron chi connectivity index (χ3n) is 3.78. The average Bonchev–Trinajstić information content (AvgIpc) is 3.14. The molecule has 0 radical (unpaired) electrons. The standard InChI is InChI=1S/C19H18N4O4/c24-18(12-15-13-27-19(22-15)14-6-2-1-3-7-14)21-11-10-20-16-8-4-5-9-17(16)23(25)26/h1-9,13,20H,10-12H2,(H,21,24). The Morgan fingerprint density at radius 3 is 2.59 bits per heavy atom. The summed E-state index contributed by atoms with van der Waals surface area (Å²) >= 11 is 0. The second kappa shape index (κ2) is 8.61. The maximum Gasteiger partial charge on any atom is 0.292 e. The summed E-state index contributed by atoms with van der Waals surface area (Å²) in [5.74, 6) is 0.267. The molecule has 1 amide bonds. The van der Waals surface area contributed by atoms with Crippen molar-refractivity contribution in [1.82, 2.24) is 10.3 Å². The number of nitro groups is 1. The molecule has 0 aliphatic heterocycles. The maximum atomic E-state index is 12.0. The summed E-state index contributed by atoms with van der Waals surface area (Å²) in [5, 5.41) is 16.6. The minimum Gasteiger partial charge on any atom is -0.444 e. The van der Waals surface area contributed by atoms with Crippen molar-refractivity contribution in [3.8, 4) is 11.5 Å². The van der Waals surface area contributed by atoms with Gasteiger partial charge in [-0.3, -0.25) is 14.9 Å². The number of rotatable bonds is 8. The van der Waals surface area contributed by atoms with Crippen LogP contribution in [0.2, 0.25) is 0 Å². The highest BCUT2D eigenvalue weighted by Gasteiger charge is 2.12. The van der Waals surface area contributed by atoms with Crippen LogP contribution in [-0.4, -0.2) is 28.9 Å². The van der Waals surface area contributed by atoms with Crippen molar-refractivity contribution in [1.29, 1.82) is 0 Å². The number of anilines is 1. The Bertz CT molecular complexity index is 924. The van der Waals surface area contributed by atoms with Crippen molar-refractivity contribution in [3.05, 3.63) is 76.7 Å². The summed E-state index contributed by atoms with van der Waals surface area (Å²) in [6.07, 6.45) is 1.56. The Hall–Kier alpha value is -3.68. The molecule has 27 heavy (non-hydrogen) atoms. The van der Waals surface area contributed by atoms with Crippen LogP contribution in [0.1, 0.15) is 5.69 Å². The van der Waals surface area contributed by atoms with E-state index in [2.05, 4.69) is 15.6 Å². The van der Waals surface area contributed by atoms with Crippen LogP contribution in [0.3, 0.4) is 0 Å². The molecule has 0 bridgehead atoms. The molecule has 0 fully saturated rings. The number of para-hydroxylation sites is 2. The van der Waals surface area contributed by atoms with Gasteiger partial charge in [0.05, 0.1) is 17.0 Å². The van der Waals surface area contributed by atoms with Gasteiger partial charge in [0.1, 0.15) is 12.0 Å². The second-order valence-corrected chi connectivity index (χ2v) is 5.74. The van der Waals surface area contributed by atoms with Gasteiger partial charge in [-0.1, -0.05) is 30.3 Å². The molecule has 8 heteroatoms. The molecule has 0 spiro atoms. The molecule has 1 aromatic heterocycles. The van der Waals surface area contributed by atoms with Gasteiger partial charge in [0.2, 0.25) is 11.8 Å². The monoisotopic (exact) mass is 366 g/mol. The third-order valence-corrected chi connectivity index (χ3v) is 3.78. The smallest absolute Gasteiger partial charge is 0.292 e. The molecular weight excluding hydrogens is 348 g/mol. The molecule has 3 aromatic rings. The van der Waals surface area contributed by atoms with Crippen LogP contribution in [0, 0.1) is 10.1 Å². The Morgan fingerprint density at radius 1 is 1.07 bits per heavy atom. The van der Waals surface area contributed by atoms with E-state index >= 15 is 0 Å². The molecule has 138 valence electrons. The van der Waals surface area contributed by atoms with Crippen LogP contribution >= 0.6 is 0 Å². The van der Waals surface area contributed by atoms with Crippen molar-refractivity contribution in [2.75, 3.05) is 18.4 Å². The van der Waals surface area contributed by atoms with Gasteiger partial charge in [0, 0.05) is 24.7 Å². The lowest BCUT2D eigenvalue weighted by atomic mass is 10.2. The summed E-state index contributed by atoms with van der Waals surface area (Å²) in [6, 6.07) is 15.8. The Labute approximate surface area is 155 Å². The molecule has 0 atom stereocenters. The van der Waals surface area contributed by atoms with Crippen LogP contribution in [-0.2, 0) is 11.2 Å². The highest BCUT2D eigenvalue weighted by Crippen LogP contribution is 2.22. The fourth-order valence-electron chi connectivity index (χ4n) is 2.51. The molecular formula is C19H18N4O4. The van der Waals surface area contributed by atoms with Crippen LogP contribution in [0.5, 0.6) is 0 Å². The van der Waals surface area contributed by atoms with E-state index in [-0.39, 0.29) is 18.0 Å². The van der Waals surface area contributed by atoms with Gasteiger partial charge in [-0.05, 0) is 18.2 Å². The van der Waals surface area contributed by atoms with E-state index in [0.29, 0.717) is 30.4 Å². The molecule has 3 rings (SSSR count). The van der Waals surface area contributed by atoms with E-state index < -0.39 is 4.92 Å². The number of oxazole rings is 1. The number of hydrogen-bond acceptors (Lipinski definition) is 6. The topological polar surface area (TPSA) is 110 Å². The summed E-state index contributed by atoms with van der Waals surface area (Å²) < 4.78 is 5.40. The first-order valence-corrected chi connectivity index (χ1v) is 8.37. The first-order chi connectivity index (χ1) is 13.1. The Morgan fingerprint density at radius 2 is 1.81 bits per heavy atom. The molecule has 8 nitrogen and oxygen atoms in total. The van der Waals surface area contributed by atoms with Crippen molar-refractivity contribution < 1.29 is 14.1 Å². The molecule has 0 saturated carbocycles. The van der Waals surface area contributed by atoms with Crippen LogP contribution in [0.25, 0.3) is 11.5 Å². The van der Waals surface area contributed by atoms with Crippen molar-refractivity contribution in [2.45, 2.75) is 6.42 Å². The number of aromatic nitrogens is 1. The number of amides is 1. The lowest BCUT2D eigenvalue weighted by Gasteiger charge is -2.07. The summed E-state index contributed by atoms with van der Waals surface area (Å²) in [6.45, 7) is 0.693. The Balaban J connectivity index is 1.46. The quantitative estimate of drug-likeness (QED) is 0.360. The summed E-state index contributed by atoms with van der Waals surface area (Å²) in [4.78, 5) is 26.8. The zero-order chi connectivity index (χ0) is 19.1. The van der Waals surface area contributed by atoms with Gasteiger partial charge in [0.25, 0.3) is 5.69 Å². The van der Waals surface area contributed by atoms with Gasteiger partial charge >= 0.3 is 0 Å². The number of nitrogens with one attached hydrogen (secondary N) is 2. The van der Waals surface area contributed by atoms with Crippen molar-refractivity contribution >= 4 is 17.3 Å². The van der Waals surface area contributed by atoms with E-state index in [9.17, 15) is 14.9 Å². The predicted molar refractivity (Wildman–Crippen MR) is 100 cm³/mol. The number of nitro benzene ring substituents is 1. The molecule has 0 saturated heterocycles. The first kappa shape index (κ1) is 18.1. The minimum atomic E-state index is -0.449. The zero-order valence-electron chi connectivity index (χ0n) is 14.4. The van der Waals surface area contributed by atoms with Gasteiger partial charge in [-0.15, -0.1) is 0 Å². The van der Waals surface area contributed by atoms with Gasteiger partial charge in [0.15, 0.2) is 0 Å². The van der Waals surface area contributed by atoms with E-state index in [1.165, 1.54) is 12.3 Å². The van der Waals surface area contributed by atoms with E-state index in [4.69, 9.17) is 4.42 Å². The van der Waals surface area contributed by atoms with Crippen LogP contribution in [0.4, 0.5) is 11.4 Å². The third kappa shape index (κ3) is 4.91. The van der Waals surface area contributed by atoms with E-state index in [0.717, 1.165) is 5.56 Å². The van der Waals surface area contributed by atoms with Crippen molar-refractivity contribution in [2.24, 2.45) is 0 Å². The number of carbonyl (C=O) groups excluding carboxylic acids is 1. The molecule has 2 N–H and O–H groups in total. The molecule has 0 aliphatic carbocycles. The van der Waals surface area contributed by atoms with Gasteiger partial charge in [-0.25, -0.2) is 4.98 Å². The van der Waals surface area contributed by atoms with E-state index in [1.807, 2.05) is 30.3 Å². The van der Waals surface area contributed by atoms with Crippen LogP contribution in [0.15, 0.2) is 65.3 Å². The first-order valence-electron chi connectivity index (χ1n) is 8.37.